The lowest BCUT2D eigenvalue weighted by Crippen LogP contribution is -2.16. The molecule has 0 aliphatic heterocycles. The van der Waals surface area contributed by atoms with E-state index in [1.54, 1.807) is 0 Å². The zero-order valence-electron chi connectivity index (χ0n) is 5.66. The maximum Gasteiger partial charge on any atom is 0.340 e. The quantitative estimate of drug-likeness (QED) is 0.597. The van der Waals surface area contributed by atoms with Gasteiger partial charge in [0.15, 0.2) is 0 Å². The summed E-state index contributed by atoms with van der Waals surface area (Å²) >= 11 is 1.49. The monoisotopic (exact) mass is 161 g/mol. The number of rotatable bonds is 0. The highest BCUT2D eigenvalue weighted by atomic mass is 32.1. The minimum Gasteiger partial charge on any atom is -0.222 e. The SMILES string of the molecule is [NH+]#Cc1nc2ccccc2s1. The van der Waals surface area contributed by atoms with Gasteiger partial charge in [0.2, 0.25) is 5.01 Å². The first-order valence-electron chi connectivity index (χ1n) is 3.18. The Morgan fingerprint density at radius 1 is 1.36 bits per heavy atom. The molecule has 11 heavy (non-hydrogen) atoms. The highest BCUT2D eigenvalue weighted by molar-refractivity contribution is 7.19. The van der Waals surface area contributed by atoms with Gasteiger partial charge in [-0.25, -0.2) is 4.98 Å². The van der Waals surface area contributed by atoms with Gasteiger partial charge < -0.3 is 0 Å². The molecule has 0 bridgehead atoms. The predicted molar refractivity (Wildman–Crippen MR) is 43.6 cm³/mol. The van der Waals surface area contributed by atoms with Crippen molar-refractivity contribution >= 4 is 21.6 Å². The van der Waals surface area contributed by atoms with Gasteiger partial charge in [0.25, 0.3) is 0 Å². The molecular weight excluding hydrogens is 156 g/mol. The fourth-order valence-electron chi connectivity index (χ4n) is 0.926. The van der Waals surface area contributed by atoms with Gasteiger partial charge in [0, 0.05) is 0 Å². The van der Waals surface area contributed by atoms with Crippen molar-refractivity contribution in [1.29, 1.82) is 0 Å². The molecule has 1 heterocycles. The molecule has 1 aromatic heterocycles. The Hall–Kier alpha value is -1.40. The Balaban J connectivity index is 2.81. The lowest BCUT2D eigenvalue weighted by atomic mass is 10.3. The first-order valence-corrected chi connectivity index (χ1v) is 4.00. The van der Waals surface area contributed by atoms with Crippen molar-refractivity contribution in [3.63, 3.8) is 0 Å². The van der Waals surface area contributed by atoms with E-state index in [4.69, 9.17) is 5.26 Å². The van der Waals surface area contributed by atoms with E-state index in [9.17, 15) is 0 Å². The predicted octanol–water partition coefficient (Wildman–Crippen LogP) is 0.417. The molecule has 2 rings (SSSR count). The van der Waals surface area contributed by atoms with E-state index in [-0.39, 0.29) is 0 Å². The van der Waals surface area contributed by atoms with Gasteiger partial charge in [-0.1, -0.05) is 28.7 Å². The fourth-order valence-corrected chi connectivity index (χ4v) is 1.69. The number of fused-ring (bicyclic) bond motifs is 1. The normalized spacial score (nSPS) is 9.73. The van der Waals surface area contributed by atoms with E-state index < -0.39 is 0 Å². The molecule has 0 unspecified atom stereocenters. The van der Waals surface area contributed by atoms with Crippen LogP contribution in [0.15, 0.2) is 24.3 Å². The number of hydrogen-bond donors (Lipinski definition) is 1. The number of aromatic nitrogens is 1. The van der Waals surface area contributed by atoms with E-state index in [0.29, 0.717) is 5.01 Å². The van der Waals surface area contributed by atoms with Crippen molar-refractivity contribution in [2.24, 2.45) is 0 Å². The first-order chi connectivity index (χ1) is 5.40. The summed E-state index contributed by atoms with van der Waals surface area (Å²) in [5.74, 6) is 0. The summed E-state index contributed by atoms with van der Waals surface area (Å²) in [6.45, 7) is 0. The molecule has 52 valence electrons. The van der Waals surface area contributed by atoms with Gasteiger partial charge in [0.1, 0.15) is 0 Å². The average molecular weight is 161 g/mol. The third kappa shape index (κ3) is 0.975. The second-order valence-corrected chi connectivity index (χ2v) is 3.14. The zero-order valence-corrected chi connectivity index (χ0v) is 6.48. The van der Waals surface area contributed by atoms with Gasteiger partial charge in [-0.3, -0.25) is 0 Å². The van der Waals surface area contributed by atoms with Crippen LogP contribution in [0.5, 0.6) is 0 Å². The summed E-state index contributed by atoms with van der Waals surface area (Å²) in [6, 6.07) is 10.1. The van der Waals surface area contributed by atoms with Crippen molar-refractivity contribution in [3.05, 3.63) is 29.3 Å². The molecule has 0 spiro atoms. The third-order valence-electron chi connectivity index (χ3n) is 1.40. The van der Waals surface area contributed by atoms with E-state index >= 15 is 0 Å². The van der Waals surface area contributed by atoms with Crippen molar-refractivity contribution in [2.75, 3.05) is 0 Å². The summed E-state index contributed by atoms with van der Waals surface area (Å²) in [6.07, 6.45) is 0. The molecule has 0 saturated carbocycles. The number of nitrogens with zero attached hydrogens (tertiary/aromatic N) is 1. The molecule has 0 saturated heterocycles. The molecule has 0 aliphatic carbocycles. The lowest BCUT2D eigenvalue weighted by Gasteiger charge is -1.80. The Bertz CT molecular complexity index is 392. The van der Waals surface area contributed by atoms with Gasteiger partial charge in [-0.2, -0.15) is 0 Å². The molecule has 0 atom stereocenters. The molecule has 2 aromatic rings. The molecule has 3 heteroatoms. The van der Waals surface area contributed by atoms with Crippen LogP contribution in [-0.4, -0.2) is 4.98 Å². The van der Waals surface area contributed by atoms with Crippen LogP contribution in [0.1, 0.15) is 5.01 Å². The van der Waals surface area contributed by atoms with Crippen molar-refractivity contribution in [2.45, 2.75) is 0 Å². The van der Waals surface area contributed by atoms with Gasteiger partial charge >= 0.3 is 6.07 Å². The minimum atomic E-state index is 0.645. The van der Waals surface area contributed by atoms with Crippen LogP contribution >= 0.6 is 11.3 Å². The Kier molecular flexibility index (Phi) is 1.34. The summed E-state index contributed by atoms with van der Waals surface area (Å²) in [4.78, 5) is 4.15. The molecule has 0 amide bonds. The smallest absolute Gasteiger partial charge is 0.222 e. The van der Waals surface area contributed by atoms with Crippen molar-refractivity contribution < 1.29 is 5.26 Å². The Labute approximate surface area is 67.7 Å². The van der Waals surface area contributed by atoms with E-state index in [0.717, 1.165) is 10.2 Å². The van der Waals surface area contributed by atoms with E-state index in [1.807, 2.05) is 24.3 Å². The van der Waals surface area contributed by atoms with Crippen molar-refractivity contribution in [3.8, 4) is 6.07 Å². The summed E-state index contributed by atoms with van der Waals surface area (Å²) in [5.41, 5.74) is 0.951. The minimum absolute atomic E-state index is 0.645. The van der Waals surface area contributed by atoms with Crippen LogP contribution in [0.25, 0.3) is 10.2 Å². The largest absolute Gasteiger partial charge is 0.340 e. The molecule has 0 fully saturated rings. The Morgan fingerprint density at radius 3 is 2.91 bits per heavy atom. The summed E-state index contributed by atoms with van der Waals surface area (Å²) in [5, 5.41) is 7.52. The lowest BCUT2D eigenvalue weighted by molar-refractivity contribution is -0.0909. The van der Waals surface area contributed by atoms with Crippen LogP contribution in [0, 0.1) is 6.07 Å². The second-order valence-electron chi connectivity index (χ2n) is 2.11. The highest BCUT2D eigenvalue weighted by Gasteiger charge is 2.02. The first kappa shape index (κ1) is 6.32. The molecular formula is C8H5N2S+. The zero-order chi connectivity index (χ0) is 7.68. The summed E-state index contributed by atoms with van der Waals surface area (Å²) < 4.78 is 1.11. The van der Waals surface area contributed by atoms with Crippen LogP contribution < -0.4 is 5.26 Å². The third-order valence-corrected chi connectivity index (χ3v) is 2.35. The topological polar surface area (TPSA) is 36.7 Å². The van der Waals surface area contributed by atoms with Gasteiger partial charge in [-0.05, 0) is 12.1 Å². The average Bonchev–Trinajstić information content (AvgIpc) is 2.46. The van der Waals surface area contributed by atoms with Crippen LogP contribution in [-0.2, 0) is 0 Å². The molecule has 1 aromatic carbocycles. The number of para-hydroxylation sites is 1. The Morgan fingerprint density at radius 2 is 2.18 bits per heavy atom. The molecule has 1 N–H and O–H groups in total. The fraction of sp³-hybridized carbons (Fsp3) is 0. The van der Waals surface area contributed by atoms with Gasteiger partial charge in [-0.15, -0.1) is 0 Å². The maximum absolute atomic E-state index is 6.87. The van der Waals surface area contributed by atoms with Gasteiger partial charge in [0.05, 0.1) is 10.2 Å². The number of nitrogens with one attached hydrogen (secondary N) is 1. The number of benzene rings is 1. The maximum atomic E-state index is 6.87. The second kappa shape index (κ2) is 2.33. The number of thiazole rings is 1. The standard InChI is InChI=1S/C8H4N2S/c9-5-8-10-6-3-1-2-4-7(6)11-8/h1-4H/p+1. The number of hydrogen-bond acceptors (Lipinski definition) is 2. The van der Waals surface area contributed by atoms with Crippen molar-refractivity contribution in [1.82, 2.24) is 4.98 Å². The summed E-state index contributed by atoms with van der Waals surface area (Å²) in [7, 11) is 0. The molecule has 0 aliphatic rings. The van der Waals surface area contributed by atoms with Crippen LogP contribution in [0.3, 0.4) is 0 Å². The molecule has 0 radical (unpaired) electrons. The molecule has 2 nitrogen and oxygen atoms in total. The highest BCUT2D eigenvalue weighted by Crippen LogP contribution is 2.19. The van der Waals surface area contributed by atoms with Crippen LogP contribution in [0.2, 0.25) is 0 Å². The van der Waals surface area contributed by atoms with E-state index in [2.05, 4.69) is 11.1 Å². The van der Waals surface area contributed by atoms with E-state index in [1.165, 1.54) is 11.3 Å². The van der Waals surface area contributed by atoms with Crippen LogP contribution in [0.4, 0.5) is 0 Å².